The minimum absolute atomic E-state index is 0.605. The molecule has 1 aromatic carbocycles. The lowest BCUT2D eigenvalue weighted by Crippen LogP contribution is -2.09. The molecule has 0 spiro atoms. The van der Waals surface area contributed by atoms with Crippen LogP contribution in [0.2, 0.25) is 0 Å². The minimum atomic E-state index is -3.33. The SMILES string of the molecule is Cc1ccc(NS(=O)(O)=S)c(C)c1. The first-order valence-electron chi connectivity index (χ1n) is 3.71. The van der Waals surface area contributed by atoms with Crippen molar-refractivity contribution in [1.29, 1.82) is 0 Å². The van der Waals surface area contributed by atoms with Gasteiger partial charge in [-0.25, -0.2) is 4.21 Å². The molecule has 72 valence electrons. The third-order valence-corrected chi connectivity index (χ3v) is 2.35. The van der Waals surface area contributed by atoms with Gasteiger partial charge in [-0.3, -0.25) is 9.27 Å². The van der Waals surface area contributed by atoms with E-state index in [1.54, 1.807) is 6.07 Å². The first kappa shape index (κ1) is 10.4. The van der Waals surface area contributed by atoms with E-state index in [0.29, 0.717) is 5.69 Å². The van der Waals surface area contributed by atoms with E-state index in [-0.39, 0.29) is 0 Å². The number of nitrogens with one attached hydrogen (secondary N) is 1. The molecule has 1 rings (SSSR count). The molecular formula is C8H11NO2S2. The Bertz CT molecular complexity index is 412. The van der Waals surface area contributed by atoms with Gasteiger partial charge in [0, 0.05) is 11.2 Å². The molecule has 1 unspecified atom stereocenters. The summed E-state index contributed by atoms with van der Waals surface area (Å²) < 4.78 is 22.1. The Morgan fingerprint density at radius 2 is 2.08 bits per heavy atom. The van der Waals surface area contributed by atoms with Crippen molar-refractivity contribution >= 4 is 25.8 Å². The Hall–Kier alpha value is -0.650. The highest BCUT2D eigenvalue weighted by Gasteiger charge is 2.02. The van der Waals surface area contributed by atoms with Gasteiger partial charge in [0.2, 0.25) is 8.96 Å². The number of anilines is 1. The van der Waals surface area contributed by atoms with Gasteiger partial charge in [-0.2, -0.15) is 0 Å². The molecule has 1 aromatic rings. The monoisotopic (exact) mass is 217 g/mol. The van der Waals surface area contributed by atoms with Crippen LogP contribution in [-0.2, 0) is 20.1 Å². The summed E-state index contributed by atoms with van der Waals surface area (Å²) in [7, 11) is -3.33. The fourth-order valence-corrected chi connectivity index (χ4v) is 1.84. The Balaban J connectivity index is 3.04. The van der Waals surface area contributed by atoms with Crippen LogP contribution >= 0.6 is 0 Å². The van der Waals surface area contributed by atoms with Crippen LogP contribution in [0.3, 0.4) is 0 Å². The Labute approximate surface area is 82.8 Å². The molecular weight excluding hydrogens is 206 g/mol. The number of benzene rings is 1. The first-order chi connectivity index (χ1) is 5.88. The molecule has 0 aliphatic carbocycles. The molecule has 3 nitrogen and oxygen atoms in total. The summed E-state index contributed by atoms with van der Waals surface area (Å²) in [6, 6.07) is 5.52. The van der Waals surface area contributed by atoms with Crippen LogP contribution in [0.1, 0.15) is 11.1 Å². The zero-order chi connectivity index (χ0) is 10.1. The lowest BCUT2D eigenvalue weighted by Gasteiger charge is -2.08. The molecule has 0 aliphatic rings. The van der Waals surface area contributed by atoms with Crippen LogP contribution in [0.5, 0.6) is 0 Å². The summed E-state index contributed by atoms with van der Waals surface area (Å²) in [4.78, 5) is 0. The molecule has 0 aliphatic heterocycles. The van der Waals surface area contributed by atoms with E-state index in [0.717, 1.165) is 11.1 Å². The second-order valence-electron chi connectivity index (χ2n) is 2.90. The molecule has 13 heavy (non-hydrogen) atoms. The fourth-order valence-electron chi connectivity index (χ4n) is 1.07. The van der Waals surface area contributed by atoms with E-state index in [2.05, 4.69) is 15.9 Å². The van der Waals surface area contributed by atoms with Gasteiger partial charge < -0.3 is 0 Å². The summed E-state index contributed by atoms with van der Waals surface area (Å²) in [5.74, 6) is 0. The van der Waals surface area contributed by atoms with Gasteiger partial charge in [-0.1, -0.05) is 17.7 Å². The van der Waals surface area contributed by atoms with Crippen molar-refractivity contribution < 1.29 is 8.76 Å². The third-order valence-electron chi connectivity index (χ3n) is 1.62. The predicted molar refractivity (Wildman–Crippen MR) is 57.7 cm³/mol. The molecule has 0 saturated carbocycles. The van der Waals surface area contributed by atoms with Crippen LogP contribution in [0.4, 0.5) is 5.69 Å². The zero-order valence-corrected chi connectivity index (χ0v) is 9.04. The van der Waals surface area contributed by atoms with Crippen LogP contribution in [0, 0.1) is 13.8 Å². The van der Waals surface area contributed by atoms with E-state index in [1.165, 1.54) is 0 Å². The Morgan fingerprint density at radius 1 is 1.46 bits per heavy atom. The van der Waals surface area contributed by atoms with E-state index in [9.17, 15) is 4.21 Å². The fraction of sp³-hybridized carbons (Fsp3) is 0.250. The molecule has 0 fully saturated rings. The van der Waals surface area contributed by atoms with Gasteiger partial charge in [0.15, 0.2) is 0 Å². The molecule has 0 radical (unpaired) electrons. The second kappa shape index (κ2) is 3.61. The van der Waals surface area contributed by atoms with E-state index in [1.807, 2.05) is 26.0 Å². The number of hydrogen-bond donors (Lipinski definition) is 2. The lowest BCUT2D eigenvalue weighted by atomic mass is 10.1. The van der Waals surface area contributed by atoms with Gasteiger partial charge >= 0.3 is 0 Å². The normalized spacial score (nSPS) is 15.0. The highest BCUT2D eigenvalue weighted by atomic mass is 32.8. The molecule has 1 atom stereocenters. The lowest BCUT2D eigenvalue weighted by molar-refractivity contribution is 0.567. The topological polar surface area (TPSA) is 49.3 Å². The van der Waals surface area contributed by atoms with Gasteiger partial charge in [-0.15, -0.1) is 0 Å². The summed E-state index contributed by atoms with van der Waals surface area (Å²) in [6.45, 7) is 3.82. The maximum atomic E-state index is 10.9. The van der Waals surface area contributed by atoms with Crippen molar-refractivity contribution in [2.24, 2.45) is 0 Å². The highest BCUT2D eigenvalue weighted by molar-refractivity contribution is 8.30. The largest absolute Gasteiger partial charge is 0.290 e. The van der Waals surface area contributed by atoms with E-state index < -0.39 is 8.96 Å². The van der Waals surface area contributed by atoms with Crippen LogP contribution in [0.15, 0.2) is 18.2 Å². The smallest absolute Gasteiger partial charge is 0.229 e. The molecule has 0 amide bonds. The molecule has 0 bridgehead atoms. The Kier molecular flexibility index (Phi) is 2.90. The van der Waals surface area contributed by atoms with Crippen molar-refractivity contribution in [2.45, 2.75) is 13.8 Å². The maximum Gasteiger partial charge on any atom is 0.229 e. The quantitative estimate of drug-likeness (QED) is 0.795. The van der Waals surface area contributed by atoms with Crippen molar-refractivity contribution in [3.8, 4) is 0 Å². The Morgan fingerprint density at radius 3 is 2.54 bits per heavy atom. The summed E-state index contributed by atoms with van der Waals surface area (Å²) in [6.07, 6.45) is 0. The molecule has 5 heteroatoms. The molecule has 2 N–H and O–H groups in total. The van der Waals surface area contributed by atoms with Gasteiger partial charge in [0.05, 0.1) is 5.69 Å². The standard InChI is InChI=1S/C8H11NO2S2/c1-6-3-4-8(7(2)5-6)9-13(10,11)12/h3-5,9H,1-2H3,(H,10,11,12). The average molecular weight is 217 g/mol. The number of hydrogen-bond acceptors (Lipinski definition) is 2. The van der Waals surface area contributed by atoms with Gasteiger partial charge in [0.1, 0.15) is 0 Å². The van der Waals surface area contributed by atoms with E-state index >= 15 is 0 Å². The minimum Gasteiger partial charge on any atom is -0.290 e. The van der Waals surface area contributed by atoms with Crippen molar-refractivity contribution in [3.05, 3.63) is 29.3 Å². The summed E-state index contributed by atoms with van der Waals surface area (Å²) in [5, 5.41) is 0. The third kappa shape index (κ3) is 3.30. The molecule has 0 saturated heterocycles. The number of aryl methyl sites for hydroxylation is 2. The van der Waals surface area contributed by atoms with Crippen molar-refractivity contribution in [3.63, 3.8) is 0 Å². The summed E-state index contributed by atoms with van der Waals surface area (Å²) in [5.41, 5.74) is 2.62. The molecule has 0 heterocycles. The van der Waals surface area contributed by atoms with Crippen LogP contribution in [0.25, 0.3) is 0 Å². The second-order valence-corrected chi connectivity index (χ2v) is 5.41. The van der Waals surface area contributed by atoms with Crippen molar-refractivity contribution in [2.75, 3.05) is 4.72 Å². The maximum absolute atomic E-state index is 10.9. The summed E-state index contributed by atoms with van der Waals surface area (Å²) >= 11 is 4.33. The zero-order valence-electron chi connectivity index (χ0n) is 7.40. The van der Waals surface area contributed by atoms with Gasteiger partial charge in [0.25, 0.3) is 0 Å². The van der Waals surface area contributed by atoms with Crippen molar-refractivity contribution in [1.82, 2.24) is 0 Å². The average Bonchev–Trinajstić information content (AvgIpc) is 1.93. The van der Waals surface area contributed by atoms with Crippen LogP contribution < -0.4 is 4.72 Å². The predicted octanol–water partition coefficient (Wildman–Crippen LogP) is 1.85. The van der Waals surface area contributed by atoms with Crippen LogP contribution in [-0.4, -0.2) is 8.76 Å². The molecule has 0 aromatic heterocycles. The highest BCUT2D eigenvalue weighted by Crippen LogP contribution is 2.16. The van der Waals surface area contributed by atoms with Gasteiger partial charge in [-0.05, 0) is 25.5 Å². The van der Waals surface area contributed by atoms with E-state index in [4.69, 9.17) is 4.55 Å². The number of rotatable bonds is 2. The first-order valence-corrected chi connectivity index (χ1v) is 6.15.